The molecule has 0 amide bonds. The summed E-state index contributed by atoms with van der Waals surface area (Å²) in [5.74, 6) is 3.78. The minimum atomic E-state index is 0.683. The lowest BCUT2D eigenvalue weighted by Gasteiger charge is -2.35. The van der Waals surface area contributed by atoms with Crippen molar-refractivity contribution in [2.45, 2.75) is 19.4 Å². The normalized spacial score (nSPS) is 24.4. The molecule has 1 N–H and O–H groups in total. The second-order valence-electron chi connectivity index (χ2n) is 4.55. The first-order chi connectivity index (χ1) is 7.77. The number of nitrogens with one attached hydrogen (secondary N) is 1. The number of nitrogens with zero attached hydrogens (tertiary/aromatic N) is 3. The summed E-state index contributed by atoms with van der Waals surface area (Å²) in [6.45, 7) is 4.31. The number of fused-ring (bicyclic) bond motifs is 3. The molecule has 1 fully saturated rings. The molecule has 16 heavy (non-hydrogen) atoms. The third-order valence-corrected chi connectivity index (χ3v) is 4.56. The molecule has 1 atom stereocenters. The van der Waals surface area contributed by atoms with Crippen molar-refractivity contribution >= 4 is 23.3 Å². The van der Waals surface area contributed by atoms with Crippen LogP contribution in [0.4, 0.5) is 11.5 Å². The SMILES string of the molecule is Cc1nn(C)c2c1NCCC1CSCCN21. The molecule has 0 radical (unpaired) electrons. The summed E-state index contributed by atoms with van der Waals surface area (Å²) in [7, 11) is 2.05. The molecule has 4 nitrogen and oxygen atoms in total. The molecule has 0 bridgehead atoms. The fourth-order valence-corrected chi connectivity index (χ4v) is 3.83. The van der Waals surface area contributed by atoms with Crippen molar-refractivity contribution < 1.29 is 0 Å². The Kier molecular flexibility index (Phi) is 2.50. The van der Waals surface area contributed by atoms with E-state index in [1.165, 1.54) is 29.4 Å². The fraction of sp³-hybridized carbons (Fsp3) is 0.727. The van der Waals surface area contributed by atoms with Gasteiger partial charge in [0.25, 0.3) is 0 Å². The van der Waals surface area contributed by atoms with Crippen molar-refractivity contribution in [2.75, 3.05) is 34.8 Å². The average molecular weight is 238 g/mol. The summed E-state index contributed by atoms with van der Waals surface area (Å²) in [6.07, 6.45) is 1.24. The largest absolute Gasteiger partial charge is 0.380 e. The third-order valence-electron chi connectivity index (χ3n) is 3.47. The fourth-order valence-electron chi connectivity index (χ4n) is 2.72. The first-order valence-corrected chi connectivity index (χ1v) is 7.04. The van der Waals surface area contributed by atoms with Gasteiger partial charge >= 0.3 is 0 Å². The van der Waals surface area contributed by atoms with E-state index in [2.05, 4.69) is 41.0 Å². The topological polar surface area (TPSA) is 33.1 Å². The van der Waals surface area contributed by atoms with E-state index in [-0.39, 0.29) is 0 Å². The van der Waals surface area contributed by atoms with Crippen LogP contribution < -0.4 is 10.2 Å². The van der Waals surface area contributed by atoms with E-state index >= 15 is 0 Å². The molecule has 1 aromatic heterocycles. The van der Waals surface area contributed by atoms with Crippen LogP contribution in [0.15, 0.2) is 0 Å². The zero-order chi connectivity index (χ0) is 11.1. The van der Waals surface area contributed by atoms with Crippen molar-refractivity contribution in [2.24, 2.45) is 7.05 Å². The molecule has 0 saturated carbocycles. The number of hydrogen-bond acceptors (Lipinski definition) is 4. The van der Waals surface area contributed by atoms with E-state index in [9.17, 15) is 0 Å². The summed E-state index contributed by atoms with van der Waals surface area (Å²) in [5, 5.41) is 8.07. The highest BCUT2D eigenvalue weighted by atomic mass is 32.2. The molecule has 2 aliphatic heterocycles. The molecule has 5 heteroatoms. The molecule has 1 aromatic rings. The number of anilines is 2. The predicted octanol–water partition coefficient (Wildman–Crippen LogP) is 1.47. The van der Waals surface area contributed by atoms with Crippen molar-refractivity contribution in [3.05, 3.63) is 5.69 Å². The molecule has 3 rings (SSSR count). The lowest BCUT2D eigenvalue weighted by molar-refractivity contribution is 0.597. The zero-order valence-electron chi connectivity index (χ0n) is 9.86. The maximum atomic E-state index is 4.53. The van der Waals surface area contributed by atoms with Crippen LogP contribution in [-0.2, 0) is 7.05 Å². The third kappa shape index (κ3) is 1.49. The van der Waals surface area contributed by atoms with E-state index in [1.807, 2.05) is 4.68 Å². The predicted molar refractivity (Wildman–Crippen MR) is 69.5 cm³/mol. The lowest BCUT2D eigenvalue weighted by Crippen LogP contribution is -2.43. The van der Waals surface area contributed by atoms with Gasteiger partial charge in [0.2, 0.25) is 0 Å². The van der Waals surface area contributed by atoms with E-state index < -0.39 is 0 Å². The Morgan fingerprint density at radius 1 is 1.50 bits per heavy atom. The van der Waals surface area contributed by atoms with E-state index in [1.54, 1.807) is 0 Å². The molecule has 0 aliphatic carbocycles. The molecule has 0 spiro atoms. The van der Waals surface area contributed by atoms with E-state index in [0.717, 1.165) is 18.8 Å². The molecule has 1 unspecified atom stereocenters. The van der Waals surface area contributed by atoms with Gasteiger partial charge in [-0.15, -0.1) is 0 Å². The van der Waals surface area contributed by atoms with Crippen LogP contribution in [0.5, 0.6) is 0 Å². The van der Waals surface area contributed by atoms with Gasteiger partial charge in [0.15, 0.2) is 5.82 Å². The summed E-state index contributed by atoms with van der Waals surface area (Å²) in [4.78, 5) is 2.55. The minimum Gasteiger partial charge on any atom is -0.380 e. The first-order valence-electron chi connectivity index (χ1n) is 5.89. The Hall–Kier alpha value is -0.840. The van der Waals surface area contributed by atoms with E-state index in [0.29, 0.717) is 6.04 Å². The van der Waals surface area contributed by atoms with Gasteiger partial charge in [-0.2, -0.15) is 16.9 Å². The highest BCUT2D eigenvalue weighted by Crippen LogP contribution is 2.35. The number of hydrogen-bond donors (Lipinski definition) is 1. The van der Waals surface area contributed by atoms with Crippen LogP contribution in [0.25, 0.3) is 0 Å². The van der Waals surface area contributed by atoms with Crippen LogP contribution in [-0.4, -0.2) is 40.4 Å². The highest BCUT2D eigenvalue weighted by molar-refractivity contribution is 7.99. The Morgan fingerprint density at radius 3 is 3.25 bits per heavy atom. The van der Waals surface area contributed by atoms with Crippen molar-refractivity contribution in [1.82, 2.24) is 9.78 Å². The second-order valence-corrected chi connectivity index (χ2v) is 5.70. The Morgan fingerprint density at radius 2 is 2.38 bits per heavy atom. The Bertz CT molecular complexity index is 401. The number of aromatic nitrogens is 2. The molecule has 2 aliphatic rings. The van der Waals surface area contributed by atoms with Gasteiger partial charge < -0.3 is 10.2 Å². The zero-order valence-corrected chi connectivity index (χ0v) is 10.7. The Balaban J connectivity index is 2.06. The maximum absolute atomic E-state index is 4.53. The van der Waals surface area contributed by atoms with Crippen LogP contribution in [0, 0.1) is 6.92 Å². The Labute approximate surface area is 100 Å². The van der Waals surface area contributed by atoms with Gasteiger partial charge in [0.1, 0.15) is 5.69 Å². The average Bonchev–Trinajstić information content (AvgIpc) is 2.49. The molecular formula is C11H18N4S. The summed E-state index contributed by atoms with van der Waals surface area (Å²) in [5.41, 5.74) is 2.37. The van der Waals surface area contributed by atoms with Crippen molar-refractivity contribution in [3.63, 3.8) is 0 Å². The van der Waals surface area contributed by atoms with Crippen LogP contribution in [0.3, 0.4) is 0 Å². The van der Waals surface area contributed by atoms with Gasteiger partial charge in [0.05, 0.1) is 5.69 Å². The molecular weight excluding hydrogens is 220 g/mol. The first kappa shape index (κ1) is 10.3. The van der Waals surface area contributed by atoms with Gasteiger partial charge in [-0.25, -0.2) is 0 Å². The highest BCUT2D eigenvalue weighted by Gasteiger charge is 2.30. The molecule has 1 saturated heterocycles. The quantitative estimate of drug-likeness (QED) is 0.742. The van der Waals surface area contributed by atoms with Crippen LogP contribution in [0.2, 0.25) is 0 Å². The van der Waals surface area contributed by atoms with Crippen molar-refractivity contribution in [3.8, 4) is 0 Å². The second kappa shape index (κ2) is 3.87. The minimum absolute atomic E-state index is 0.683. The van der Waals surface area contributed by atoms with Gasteiger partial charge in [-0.3, -0.25) is 4.68 Å². The number of rotatable bonds is 0. The lowest BCUT2D eigenvalue weighted by atomic mass is 10.2. The van der Waals surface area contributed by atoms with Crippen LogP contribution >= 0.6 is 11.8 Å². The monoisotopic (exact) mass is 238 g/mol. The standard InChI is InChI=1S/C11H18N4S/c1-8-10-11(14(2)13-8)15-5-6-16-7-9(15)3-4-12-10/h9,12H,3-7H2,1-2H3. The van der Waals surface area contributed by atoms with E-state index in [4.69, 9.17) is 0 Å². The summed E-state index contributed by atoms with van der Waals surface area (Å²) >= 11 is 2.08. The van der Waals surface area contributed by atoms with Gasteiger partial charge in [-0.1, -0.05) is 0 Å². The van der Waals surface area contributed by atoms with Crippen molar-refractivity contribution in [1.29, 1.82) is 0 Å². The van der Waals surface area contributed by atoms with Gasteiger partial charge in [-0.05, 0) is 13.3 Å². The molecule has 88 valence electrons. The molecule has 0 aromatic carbocycles. The van der Waals surface area contributed by atoms with Crippen LogP contribution in [0.1, 0.15) is 12.1 Å². The maximum Gasteiger partial charge on any atom is 0.150 e. The summed E-state index contributed by atoms with van der Waals surface area (Å²) < 4.78 is 2.03. The summed E-state index contributed by atoms with van der Waals surface area (Å²) in [6, 6.07) is 0.683. The van der Waals surface area contributed by atoms with Gasteiger partial charge in [0, 0.05) is 37.7 Å². The number of thioether (sulfide) groups is 1. The smallest absolute Gasteiger partial charge is 0.150 e. The molecule has 3 heterocycles. The number of aryl methyl sites for hydroxylation is 2.